The molecule has 0 radical (unpaired) electrons. The zero-order chi connectivity index (χ0) is 26.8. The Balaban J connectivity index is 1.42. The third kappa shape index (κ3) is 4.60. The molecule has 1 aliphatic carbocycles. The highest BCUT2D eigenvalue weighted by Gasteiger charge is 2.35. The molecule has 198 valence electrons. The molecule has 1 aliphatic heterocycles. The third-order valence-corrected chi connectivity index (χ3v) is 7.40. The molecule has 0 spiro atoms. The quantitative estimate of drug-likeness (QED) is 0.340. The minimum absolute atomic E-state index is 0.0960. The number of ether oxygens (including phenoxy) is 1. The summed E-state index contributed by atoms with van der Waals surface area (Å²) in [6.07, 6.45) is 3.87. The first-order chi connectivity index (χ1) is 18.1. The molecule has 1 saturated carbocycles. The average molecular weight is 536 g/mol. The van der Waals surface area contributed by atoms with Gasteiger partial charge in [-0.1, -0.05) is 11.6 Å². The van der Waals surface area contributed by atoms with Crippen molar-refractivity contribution in [3.63, 3.8) is 0 Å². The fraction of sp³-hybridized carbons (Fsp3) is 0.429. The number of amides is 1. The number of hydrogen-bond donors (Lipinski definition) is 1. The molecule has 0 atom stereocenters. The lowest BCUT2D eigenvalue weighted by atomic mass is 10.0. The Morgan fingerprint density at radius 3 is 2.53 bits per heavy atom. The Morgan fingerprint density at radius 1 is 1.11 bits per heavy atom. The molecule has 0 unspecified atom stereocenters. The largest absolute Gasteiger partial charge is 0.478 e. The molecule has 1 aromatic carbocycles. The fourth-order valence-corrected chi connectivity index (χ4v) is 5.47. The number of aromatic nitrogens is 4. The zero-order valence-electron chi connectivity index (χ0n) is 21.6. The second-order valence-corrected chi connectivity index (χ2v) is 11.8. The summed E-state index contributed by atoms with van der Waals surface area (Å²) in [6, 6.07) is 9.11. The number of carbonyl (C=O) groups is 2. The van der Waals surface area contributed by atoms with Crippen molar-refractivity contribution in [1.82, 2.24) is 24.0 Å². The van der Waals surface area contributed by atoms with Crippen LogP contribution in [-0.4, -0.2) is 59.9 Å². The van der Waals surface area contributed by atoms with Gasteiger partial charge in [0, 0.05) is 43.7 Å². The number of aromatic carboxylic acids is 1. The maximum atomic E-state index is 12.5. The molecule has 1 amide bonds. The molecule has 1 saturated heterocycles. The van der Waals surface area contributed by atoms with Gasteiger partial charge in [0.05, 0.1) is 27.3 Å². The van der Waals surface area contributed by atoms with Gasteiger partial charge in [0.15, 0.2) is 5.82 Å². The number of nitrogens with zero attached hydrogens (tertiary/aromatic N) is 5. The highest BCUT2D eigenvalue weighted by Crippen LogP contribution is 2.38. The lowest BCUT2D eigenvalue weighted by Crippen LogP contribution is -2.52. The van der Waals surface area contributed by atoms with Crippen LogP contribution in [0.4, 0.5) is 4.79 Å². The summed E-state index contributed by atoms with van der Waals surface area (Å²) in [5, 5.41) is 11.0. The number of likely N-dealkylation sites (tertiary alicyclic amines) is 1. The summed E-state index contributed by atoms with van der Waals surface area (Å²) in [4.78, 5) is 35.5. The van der Waals surface area contributed by atoms with Gasteiger partial charge in [-0.05, 0) is 69.9 Å². The van der Waals surface area contributed by atoms with E-state index in [1.54, 1.807) is 17.2 Å². The predicted molar refractivity (Wildman–Crippen MR) is 144 cm³/mol. The molecule has 4 aromatic rings. The van der Waals surface area contributed by atoms with Gasteiger partial charge in [0.25, 0.3) is 0 Å². The Morgan fingerprint density at radius 2 is 1.84 bits per heavy atom. The summed E-state index contributed by atoms with van der Waals surface area (Å²) in [5.41, 5.74) is 2.61. The van der Waals surface area contributed by atoms with Crippen molar-refractivity contribution in [3.05, 3.63) is 47.1 Å². The Hall–Kier alpha value is -3.59. The number of halogens is 1. The number of hydrogen-bond acceptors (Lipinski definition) is 5. The van der Waals surface area contributed by atoms with E-state index in [0.29, 0.717) is 41.6 Å². The minimum Gasteiger partial charge on any atom is -0.478 e. The van der Waals surface area contributed by atoms with Crippen LogP contribution in [0.3, 0.4) is 0 Å². The predicted octanol–water partition coefficient (Wildman–Crippen LogP) is 5.68. The number of carbonyl (C=O) groups excluding carboxylic acids is 1. The van der Waals surface area contributed by atoms with Crippen LogP contribution < -0.4 is 0 Å². The van der Waals surface area contributed by atoms with Crippen molar-refractivity contribution < 1.29 is 19.4 Å². The van der Waals surface area contributed by atoms with Crippen molar-refractivity contribution in [1.29, 1.82) is 0 Å². The van der Waals surface area contributed by atoms with Crippen LogP contribution in [0.5, 0.6) is 0 Å². The van der Waals surface area contributed by atoms with Crippen molar-refractivity contribution in [2.45, 2.75) is 52.3 Å². The van der Waals surface area contributed by atoms with Gasteiger partial charge in [0.1, 0.15) is 11.2 Å². The first-order valence-corrected chi connectivity index (χ1v) is 13.3. The first kappa shape index (κ1) is 24.7. The number of benzene rings is 1. The molecule has 9 nitrogen and oxygen atoms in total. The van der Waals surface area contributed by atoms with E-state index in [4.69, 9.17) is 21.3 Å². The van der Waals surface area contributed by atoms with Gasteiger partial charge in [-0.3, -0.25) is 0 Å². The molecule has 1 N–H and O–H groups in total. The highest BCUT2D eigenvalue weighted by molar-refractivity contribution is 6.35. The Labute approximate surface area is 225 Å². The average Bonchev–Trinajstić information content (AvgIpc) is 3.45. The zero-order valence-corrected chi connectivity index (χ0v) is 22.4. The number of imidazole rings is 1. The van der Waals surface area contributed by atoms with E-state index < -0.39 is 11.6 Å². The molecule has 10 heteroatoms. The molecular formula is C28H30ClN5O4. The lowest BCUT2D eigenvalue weighted by Gasteiger charge is -2.40. The Bertz CT molecular complexity index is 1570. The molecule has 0 bridgehead atoms. The van der Waals surface area contributed by atoms with Gasteiger partial charge in [-0.25, -0.2) is 19.6 Å². The van der Waals surface area contributed by atoms with E-state index in [1.807, 2.05) is 32.9 Å². The molecular weight excluding hydrogens is 506 g/mol. The van der Waals surface area contributed by atoms with Crippen LogP contribution >= 0.6 is 11.6 Å². The van der Waals surface area contributed by atoms with Gasteiger partial charge >= 0.3 is 12.1 Å². The summed E-state index contributed by atoms with van der Waals surface area (Å²) in [6.45, 7) is 8.12. The molecule has 6 rings (SSSR count). The minimum atomic E-state index is -1.05. The van der Waals surface area contributed by atoms with E-state index in [1.165, 1.54) is 18.9 Å². The SMILES string of the molecule is CC(C)(C)OC(=O)N1CC(Cn2c(-c3cc4cccnc4n3CC3CC3)nc3cc(C(=O)O)cc(Cl)c32)C1. The summed E-state index contributed by atoms with van der Waals surface area (Å²) in [7, 11) is 0. The van der Waals surface area contributed by atoms with Crippen molar-refractivity contribution in [2.75, 3.05) is 13.1 Å². The van der Waals surface area contributed by atoms with Crippen LogP contribution in [0.1, 0.15) is 44.0 Å². The van der Waals surface area contributed by atoms with Crippen LogP contribution in [0.15, 0.2) is 36.5 Å². The van der Waals surface area contributed by atoms with Crippen LogP contribution in [-0.2, 0) is 17.8 Å². The van der Waals surface area contributed by atoms with E-state index in [-0.39, 0.29) is 17.6 Å². The van der Waals surface area contributed by atoms with Crippen LogP contribution in [0.25, 0.3) is 33.6 Å². The highest BCUT2D eigenvalue weighted by atomic mass is 35.5. The van der Waals surface area contributed by atoms with Crippen molar-refractivity contribution in [2.24, 2.45) is 11.8 Å². The second kappa shape index (κ2) is 9.01. The smallest absolute Gasteiger partial charge is 0.410 e. The maximum absolute atomic E-state index is 12.5. The van der Waals surface area contributed by atoms with Gasteiger partial charge < -0.3 is 23.9 Å². The maximum Gasteiger partial charge on any atom is 0.410 e. The molecule has 2 fully saturated rings. The van der Waals surface area contributed by atoms with E-state index in [0.717, 1.165) is 29.1 Å². The van der Waals surface area contributed by atoms with Gasteiger partial charge in [-0.2, -0.15) is 0 Å². The van der Waals surface area contributed by atoms with E-state index >= 15 is 0 Å². The molecule has 4 heterocycles. The first-order valence-electron chi connectivity index (χ1n) is 12.9. The fourth-order valence-electron chi connectivity index (χ4n) is 5.15. The lowest BCUT2D eigenvalue weighted by molar-refractivity contribution is -0.00312. The van der Waals surface area contributed by atoms with Crippen molar-refractivity contribution in [3.8, 4) is 11.5 Å². The second-order valence-electron chi connectivity index (χ2n) is 11.4. The normalized spacial score (nSPS) is 16.3. The standard InChI is InChI=1S/C28H30ClN5O4/c1-28(2,3)38-27(37)32-12-17(13-32)15-34-23-20(29)9-19(26(35)36)10-21(23)31-25(34)22-11-18-5-4-8-30-24(18)33(22)14-16-6-7-16/h4-5,8-11,16-17H,6-7,12-15H2,1-3H3,(H,35,36). The van der Waals surface area contributed by atoms with Crippen molar-refractivity contribution >= 4 is 45.7 Å². The molecule has 2 aliphatic rings. The van der Waals surface area contributed by atoms with E-state index in [2.05, 4.69) is 20.2 Å². The number of fused-ring (bicyclic) bond motifs is 2. The number of rotatable bonds is 6. The summed E-state index contributed by atoms with van der Waals surface area (Å²) in [5.74, 6) is 0.455. The molecule has 38 heavy (non-hydrogen) atoms. The van der Waals surface area contributed by atoms with E-state index in [9.17, 15) is 14.7 Å². The summed E-state index contributed by atoms with van der Waals surface area (Å²) < 4.78 is 9.82. The summed E-state index contributed by atoms with van der Waals surface area (Å²) >= 11 is 6.69. The number of pyridine rings is 1. The topological polar surface area (TPSA) is 102 Å². The Kier molecular flexibility index (Phi) is 5.86. The molecule has 3 aromatic heterocycles. The third-order valence-electron chi connectivity index (χ3n) is 7.11. The van der Waals surface area contributed by atoms with Gasteiger partial charge in [0.2, 0.25) is 0 Å². The van der Waals surface area contributed by atoms with Gasteiger partial charge in [-0.15, -0.1) is 0 Å². The monoisotopic (exact) mass is 535 g/mol. The number of carboxylic acids is 1. The number of carboxylic acid groups (broad SMARTS) is 1. The van der Waals surface area contributed by atoms with Crippen LogP contribution in [0, 0.1) is 11.8 Å². The van der Waals surface area contributed by atoms with Crippen LogP contribution in [0.2, 0.25) is 5.02 Å².